The Morgan fingerprint density at radius 2 is 2.14 bits per heavy atom. The number of benzene rings is 2. The van der Waals surface area contributed by atoms with Crippen molar-refractivity contribution in [1.82, 2.24) is 0 Å². The Morgan fingerprint density at radius 3 is 2.91 bits per heavy atom. The molecule has 0 unspecified atom stereocenters. The van der Waals surface area contributed by atoms with Gasteiger partial charge in [-0.15, -0.1) is 0 Å². The van der Waals surface area contributed by atoms with E-state index in [9.17, 15) is 14.2 Å². The van der Waals surface area contributed by atoms with Gasteiger partial charge in [0.05, 0.1) is 11.6 Å². The molecule has 0 atom stereocenters. The first-order valence-corrected chi connectivity index (χ1v) is 7.32. The van der Waals surface area contributed by atoms with Crippen molar-refractivity contribution in [1.29, 1.82) is 0 Å². The van der Waals surface area contributed by atoms with Crippen LogP contribution in [0.3, 0.4) is 0 Å². The van der Waals surface area contributed by atoms with Gasteiger partial charge in [0, 0.05) is 12.0 Å². The van der Waals surface area contributed by atoms with Crippen LogP contribution in [0.25, 0.3) is 0 Å². The van der Waals surface area contributed by atoms with Gasteiger partial charge in [-0.3, -0.25) is 4.79 Å². The fourth-order valence-corrected chi connectivity index (χ4v) is 2.83. The van der Waals surface area contributed by atoms with E-state index in [2.05, 4.69) is 0 Å². The van der Waals surface area contributed by atoms with Crippen molar-refractivity contribution in [2.24, 2.45) is 0 Å². The SMILES string of the molecule is O=C(CCc1ccccc1F)c1cc2c(cc1Cl)COB2O. The van der Waals surface area contributed by atoms with Gasteiger partial charge in [0.1, 0.15) is 5.82 Å². The minimum Gasteiger partial charge on any atom is -0.423 e. The van der Waals surface area contributed by atoms with E-state index < -0.39 is 7.12 Å². The first-order valence-electron chi connectivity index (χ1n) is 6.95. The third-order valence-corrected chi connectivity index (χ3v) is 4.08. The summed E-state index contributed by atoms with van der Waals surface area (Å²) in [5.74, 6) is -0.505. The van der Waals surface area contributed by atoms with E-state index >= 15 is 0 Å². The molecule has 0 saturated heterocycles. The highest BCUT2D eigenvalue weighted by Crippen LogP contribution is 2.22. The lowest BCUT2D eigenvalue weighted by atomic mass is 9.78. The van der Waals surface area contributed by atoms with Crippen LogP contribution in [0.5, 0.6) is 0 Å². The van der Waals surface area contributed by atoms with Crippen LogP contribution in [-0.4, -0.2) is 17.9 Å². The molecule has 0 bridgehead atoms. The molecule has 0 aliphatic carbocycles. The summed E-state index contributed by atoms with van der Waals surface area (Å²) >= 11 is 6.13. The van der Waals surface area contributed by atoms with Crippen molar-refractivity contribution in [2.45, 2.75) is 19.4 Å². The van der Waals surface area contributed by atoms with Crippen LogP contribution in [0, 0.1) is 5.82 Å². The molecule has 0 saturated carbocycles. The van der Waals surface area contributed by atoms with E-state index in [1.807, 2.05) is 0 Å². The average Bonchev–Trinajstić information content (AvgIpc) is 2.86. The van der Waals surface area contributed by atoms with E-state index in [0.717, 1.165) is 5.56 Å². The molecule has 0 radical (unpaired) electrons. The van der Waals surface area contributed by atoms with Crippen LogP contribution < -0.4 is 5.46 Å². The number of hydrogen-bond acceptors (Lipinski definition) is 3. The number of Topliss-reactive ketones (excluding diaryl/α,β-unsaturated/α-hetero) is 1. The lowest BCUT2D eigenvalue weighted by molar-refractivity contribution is 0.0983. The third-order valence-electron chi connectivity index (χ3n) is 3.77. The second-order valence-electron chi connectivity index (χ2n) is 5.21. The molecule has 2 aromatic rings. The summed E-state index contributed by atoms with van der Waals surface area (Å²) in [4.78, 5) is 12.3. The maximum atomic E-state index is 13.6. The number of aryl methyl sites for hydroxylation is 1. The zero-order valence-electron chi connectivity index (χ0n) is 11.7. The van der Waals surface area contributed by atoms with Gasteiger partial charge in [0.25, 0.3) is 0 Å². The van der Waals surface area contributed by atoms with Gasteiger partial charge in [0.2, 0.25) is 0 Å². The summed E-state index contributed by atoms with van der Waals surface area (Å²) in [6, 6.07) is 9.58. The number of ketones is 1. The summed E-state index contributed by atoms with van der Waals surface area (Å²) in [6.45, 7) is 0.278. The zero-order valence-corrected chi connectivity index (χ0v) is 12.4. The maximum Gasteiger partial charge on any atom is 0.491 e. The summed E-state index contributed by atoms with van der Waals surface area (Å²) in [6.07, 6.45) is 0.453. The minimum absolute atomic E-state index is 0.149. The fraction of sp³-hybridized carbons (Fsp3) is 0.188. The van der Waals surface area contributed by atoms with Crippen molar-refractivity contribution in [3.8, 4) is 0 Å². The molecule has 3 rings (SSSR count). The van der Waals surface area contributed by atoms with Crippen LogP contribution >= 0.6 is 11.6 Å². The van der Waals surface area contributed by atoms with Gasteiger partial charge in [-0.05, 0) is 41.2 Å². The highest BCUT2D eigenvalue weighted by atomic mass is 35.5. The van der Waals surface area contributed by atoms with Crippen molar-refractivity contribution < 1.29 is 18.9 Å². The summed E-state index contributed by atoms with van der Waals surface area (Å²) in [5.41, 5.74) is 2.18. The monoisotopic (exact) mass is 318 g/mol. The Morgan fingerprint density at radius 1 is 1.36 bits per heavy atom. The van der Waals surface area contributed by atoms with Crippen molar-refractivity contribution >= 4 is 30.0 Å². The van der Waals surface area contributed by atoms with Crippen LogP contribution in [0.15, 0.2) is 36.4 Å². The Labute approximate surface area is 132 Å². The lowest BCUT2D eigenvalue weighted by Crippen LogP contribution is -2.29. The molecule has 1 heterocycles. The van der Waals surface area contributed by atoms with Gasteiger partial charge >= 0.3 is 7.12 Å². The molecule has 1 aliphatic heterocycles. The van der Waals surface area contributed by atoms with Crippen molar-refractivity contribution in [3.63, 3.8) is 0 Å². The topological polar surface area (TPSA) is 46.5 Å². The molecule has 1 N–H and O–H groups in total. The Hall–Kier alpha value is -1.69. The Bertz CT molecular complexity index is 735. The Balaban J connectivity index is 1.78. The number of hydrogen-bond donors (Lipinski definition) is 1. The van der Waals surface area contributed by atoms with Crippen molar-refractivity contribution in [2.75, 3.05) is 0 Å². The second kappa shape index (κ2) is 6.20. The van der Waals surface area contributed by atoms with Gasteiger partial charge in [-0.2, -0.15) is 0 Å². The molecular formula is C16H13BClFO3. The molecule has 0 amide bonds. The molecule has 0 aromatic heterocycles. The van der Waals surface area contributed by atoms with Crippen molar-refractivity contribution in [3.05, 3.63) is 63.9 Å². The van der Waals surface area contributed by atoms with Gasteiger partial charge < -0.3 is 9.68 Å². The first kappa shape index (κ1) is 15.2. The molecule has 0 fully saturated rings. The molecule has 22 heavy (non-hydrogen) atoms. The first-order chi connectivity index (χ1) is 10.6. The highest BCUT2D eigenvalue weighted by Gasteiger charge is 2.29. The molecule has 0 spiro atoms. The van der Waals surface area contributed by atoms with Gasteiger partial charge in [-0.1, -0.05) is 29.8 Å². The standard InChI is InChI=1S/C16H13BClFO3/c18-14-7-11-9-22-17(21)13(11)8-12(14)16(20)6-5-10-3-1-2-4-15(10)19/h1-4,7-8,21H,5-6,9H2. The molecular weight excluding hydrogens is 305 g/mol. The van der Waals surface area contributed by atoms with Crippen LogP contribution in [0.1, 0.15) is 27.9 Å². The predicted molar refractivity (Wildman–Crippen MR) is 82.9 cm³/mol. The van der Waals surface area contributed by atoms with Crippen LogP contribution in [0.4, 0.5) is 4.39 Å². The number of fused-ring (bicyclic) bond motifs is 1. The van der Waals surface area contributed by atoms with Gasteiger partial charge in [-0.25, -0.2) is 4.39 Å². The summed E-state index contributed by atoms with van der Waals surface area (Å²) in [7, 11) is -1.02. The zero-order chi connectivity index (χ0) is 15.7. The number of rotatable bonds is 4. The van der Waals surface area contributed by atoms with Crippen LogP contribution in [0.2, 0.25) is 5.02 Å². The number of carbonyl (C=O) groups excluding carboxylic acids is 1. The number of carbonyl (C=O) groups is 1. The van der Waals surface area contributed by atoms with E-state index in [1.165, 1.54) is 6.07 Å². The fourth-order valence-electron chi connectivity index (χ4n) is 2.54. The lowest BCUT2D eigenvalue weighted by Gasteiger charge is -2.07. The Kier molecular flexibility index (Phi) is 4.29. The van der Waals surface area contributed by atoms with E-state index in [0.29, 0.717) is 28.0 Å². The number of halogens is 2. The summed E-state index contributed by atoms with van der Waals surface area (Å²) < 4.78 is 18.7. The maximum absolute atomic E-state index is 13.6. The predicted octanol–water partition coefficient (Wildman–Crippen LogP) is 2.51. The molecule has 1 aliphatic rings. The van der Waals surface area contributed by atoms with E-state index in [1.54, 1.807) is 30.3 Å². The third kappa shape index (κ3) is 2.93. The normalized spacial score (nSPS) is 13.3. The van der Waals surface area contributed by atoms with E-state index in [-0.39, 0.29) is 24.6 Å². The molecule has 112 valence electrons. The molecule has 2 aromatic carbocycles. The minimum atomic E-state index is -1.02. The summed E-state index contributed by atoms with van der Waals surface area (Å²) in [5, 5.41) is 10.0. The van der Waals surface area contributed by atoms with Crippen LogP contribution in [-0.2, 0) is 17.7 Å². The molecule has 3 nitrogen and oxygen atoms in total. The quantitative estimate of drug-likeness (QED) is 0.696. The second-order valence-corrected chi connectivity index (χ2v) is 5.62. The van der Waals surface area contributed by atoms with Gasteiger partial charge in [0.15, 0.2) is 5.78 Å². The largest absolute Gasteiger partial charge is 0.491 e. The van der Waals surface area contributed by atoms with E-state index in [4.69, 9.17) is 16.3 Å². The highest BCUT2D eigenvalue weighted by molar-refractivity contribution is 6.61. The molecule has 6 heteroatoms. The average molecular weight is 319 g/mol. The smallest absolute Gasteiger partial charge is 0.423 e.